The average molecular weight is 429 g/mol. The third kappa shape index (κ3) is 4.29. The van der Waals surface area contributed by atoms with Gasteiger partial charge in [0.05, 0.1) is 24.1 Å². The summed E-state index contributed by atoms with van der Waals surface area (Å²) in [6.07, 6.45) is 2.89. The van der Waals surface area contributed by atoms with Gasteiger partial charge in [0.15, 0.2) is 11.5 Å². The number of carbonyl (C=O) groups excluding carboxylic acids is 1. The Bertz CT molecular complexity index is 1120. The molecule has 160 valence electrons. The zero-order chi connectivity index (χ0) is 22.0. The maximum atomic E-state index is 14.4. The van der Waals surface area contributed by atoms with Crippen LogP contribution in [-0.4, -0.2) is 35.6 Å². The lowest BCUT2D eigenvalue weighted by molar-refractivity contribution is 0.102. The van der Waals surface area contributed by atoms with Crippen LogP contribution in [0.2, 0.25) is 0 Å². The largest absolute Gasteiger partial charge is 0.491 e. The van der Waals surface area contributed by atoms with Crippen molar-refractivity contribution in [2.75, 3.05) is 30.7 Å². The van der Waals surface area contributed by atoms with E-state index < -0.39 is 40.3 Å². The first-order valence-electron chi connectivity index (χ1n) is 9.43. The van der Waals surface area contributed by atoms with Gasteiger partial charge in [0.25, 0.3) is 5.91 Å². The molecule has 0 saturated carbocycles. The predicted molar refractivity (Wildman–Crippen MR) is 108 cm³/mol. The molecule has 2 aromatic heterocycles. The molecule has 3 aromatic rings. The summed E-state index contributed by atoms with van der Waals surface area (Å²) < 4.78 is 48.4. The molecular formula is C21H18F3N5O2. The second kappa shape index (κ2) is 8.60. The topological polar surface area (TPSA) is 102 Å². The first-order valence-corrected chi connectivity index (χ1v) is 9.43. The predicted octanol–water partition coefficient (Wildman–Crippen LogP) is 2.99. The molecule has 1 saturated heterocycles. The Labute approximate surface area is 175 Å². The summed E-state index contributed by atoms with van der Waals surface area (Å²) in [5.41, 5.74) is 3.99. The minimum Gasteiger partial charge on any atom is -0.491 e. The van der Waals surface area contributed by atoms with E-state index in [1.54, 1.807) is 6.07 Å². The Kier molecular flexibility index (Phi) is 5.72. The van der Waals surface area contributed by atoms with Crippen molar-refractivity contribution < 1.29 is 22.7 Å². The highest BCUT2D eigenvalue weighted by molar-refractivity contribution is 6.07. The summed E-state index contributed by atoms with van der Waals surface area (Å²) in [5.74, 6) is -3.15. The van der Waals surface area contributed by atoms with Crippen LogP contribution in [0.4, 0.5) is 24.5 Å². The number of anilines is 2. The Morgan fingerprint density at radius 3 is 2.61 bits per heavy atom. The Morgan fingerprint density at radius 1 is 1.19 bits per heavy atom. The fourth-order valence-electron chi connectivity index (χ4n) is 3.04. The SMILES string of the molecule is Nc1cc(F)c(-c2c(F)cccc2F)nc1C(=O)Nc1cnccc1OCC1CNC1. The number of carbonyl (C=O) groups is 1. The smallest absolute Gasteiger partial charge is 0.276 e. The van der Waals surface area contributed by atoms with Crippen LogP contribution in [0.15, 0.2) is 42.7 Å². The summed E-state index contributed by atoms with van der Waals surface area (Å²) in [6, 6.07) is 5.45. The number of ether oxygens (including phenoxy) is 1. The first kappa shape index (κ1) is 20.6. The van der Waals surface area contributed by atoms with Gasteiger partial charge < -0.3 is 21.1 Å². The minimum atomic E-state index is -1.06. The van der Waals surface area contributed by atoms with E-state index >= 15 is 0 Å². The van der Waals surface area contributed by atoms with Gasteiger partial charge in [-0.05, 0) is 12.1 Å². The van der Waals surface area contributed by atoms with Crippen LogP contribution in [0.1, 0.15) is 10.5 Å². The quantitative estimate of drug-likeness (QED) is 0.557. The van der Waals surface area contributed by atoms with Crippen LogP contribution >= 0.6 is 0 Å². The van der Waals surface area contributed by atoms with Crippen molar-refractivity contribution in [1.29, 1.82) is 0 Å². The van der Waals surface area contributed by atoms with Gasteiger partial charge in [-0.3, -0.25) is 9.78 Å². The van der Waals surface area contributed by atoms with Gasteiger partial charge in [-0.1, -0.05) is 6.07 Å². The summed E-state index contributed by atoms with van der Waals surface area (Å²) in [6.45, 7) is 2.14. The van der Waals surface area contributed by atoms with E-state index in [9.17, 15) is 18.0 Å². The van der Waals surface area contributed by atoms with Crippen molar-refractivity contribution >= 4 is 17.3 Å². The molecule has 1 aromatic carbocycles. The minimum absolute atomic E-state index is 0.254. The number of nitrogens with two attached hydrogens (primary N) is 1. The normalized spacial score (nSPS) is 13.5. The summed E-state index contributed by atoms with van der Waals surface area (Å²) in [4.78, 5) is 20.6. The lowest BCUT2D eigenvalue weighted by Crippen LogP contribution is -2.45. The molecular weight excluding hydrogens is 411 g/mol. The number of amides is 1. The Hall–Kier alpha value is -3.66. The third-order valence-corrected chi connectivity index (χ3v) is 4.79. The van der Waals surface area contributed by atoms with Gasteiger partial charge in [0, 0.05) is 37.3 Å². The number of rotatable bonds is 6. The molecule has 1 fully saturated rings. The number of pyridine rings is 2. The van der Waals surface area contributed by atoms with Crippen molar-refractivity contribution in [2.45, 2.75) is 0 Å². The number of benzene rings is 1. The third-order valence-electron chi connectivity index (χ3n) is 4.79. The molecule has 0 aliphatic carbocycles. The van der Waals surface area contributed by atoms with E-state index in [-0.39, 0.29) is 11.4 Å². The molecule has 1 aliphatic rings. The number of aromatic nitrogens is 2. The number of nitrogen functional groups attached to an aromatic ring is 1. The molecule has 10 heteroatoms. The highest BCUT2D eigenvalue weighted by Crippen LogP contribution is 2.30. The fraction of sp³-hybridized carbons (Fsp3) is 0.190. The lowest BCUT2D eigenvalue weighted by atomic mass is 10.1. The maximum Gasteiger partial charge on any atom is 0.276 e. The second-order valence-electron chi connectivity index (χ2n) is 7.01. The lowest BCUT2D eigenvalue weighted by Gasteiger charge is -2.27. The number of nitrogens with one attached hydrogen (secondary N) is 2. The van der Waals surface area contributed by atoms with Crippen molar-refractivity contribution in [3.8, 4) is 17.0 Å². The zero-order valence-corrected chi connectivity index (χ0v) is 16.2. The Balaban J connectivity index is 1.62. The molecule has 1 aliphatic heterocycles. The van der Waals surface area contributed by atoms with Gasteiger partial charge in [-0.25, -0.2) is 18.2 Å². The molecule has 3 heterocycles. The molecule has 7 nitrogen and oxygen atoms in total. The highest BCUT2D eigenvalue weighted by Gasteiger charge is 2.23. The Morgan fingerprint density at radius 2 is 1.94 bits per heavy atom. The molecule has 4 N–H and O–H groups in total. The molecule has 0 unspecified atom stereocenters. The molecule has 4 rings (SSSR count). The van der Waals surface area contributed by atoms with Gasteiger partial charge in [-0.2, -0.15) is 0 Å². The van der Waals surface area contributed by atoms with Crippen LogP contribution in [0.25, 0.3) is 11.3 Å². The van der Waals surface area contributed by atoms with Gasteiger partial charge in [0.2, 0.25) is 0 Å². The number of hydrogen-bond donors (Lipinski definition) is 3. The van der Waals surface area contributed by atoms with Crippen molar-refractivity contribution in [3.05, 3.63) is 65.9 Å². The molecule has 0 bridgehead atoms. The monoisotopic (exact) mass is 429 g/mol. The molecule has 31 heavy (non-hydrogen) atoms. The van der Waals surface area contributed by atoms with Crippen molar-refractivity contribution in [2.24, 2.45) is 5.92 Å². The molecule has 1 amide bonds. The number of hydrogen-bond acceptors (Lipinski definition) is 6. The van der Waals surface area contributed by atoms with Gasteiger partial charge in [0.1, 0.15) is 28.8 Å². The van der Waals surface area contributed by atoms with E-state index in [4.69, 9.17) is 10.5 Å². The summed E-state index contributed by atoms with van der Waals surface area (Å²) in [7, 11) is 0. The average Bonchev–Trinajstić information content (AvgIpc) is 2.69. The summed E-state index contributed by atoms with van der Waals surface area (Å²) >= 11 is 0. The van der Waals surface area contributed by atoms with Crippen LogP contribution in [0.3, 0.4) is 0 Å². The van der Waals surface area contributed by atoms with E-state index in [2.05, 4.69) is 20.6 Å². The highest BCUT2D eigenvalue weighted by atomic mass is 19.1. The second-order valence-corrected chi connectivity index (χ2v) is 7.01. The van der Waals surface area contributed by atoms with Gasteiger partial charge in [-0.15, -0.1) is 0 Å². The van der Waals surface area contributed by atoms with E-state index in [0.29, 0.717) is 18.3 Å². The first-order chi connectivity index (χ1) is 14.9. The van der Waals surface area contributed by atoms with E-state index in [1.165, 1.54) is 12.4 Å². The van der Waals surface area contributed by atoms with Gasteiger partial charge >= 0.3 is 0 Å². The molecule has 0 radical (unpaired) electrons. The van der Waals surface area contributed by atoms with Crippen LogP contribution in [-0.2, 0) is 0 Å². The molecule has 0 spiro atoms. The standard InChI is InChI=1S/C21H18F3N5O2/c22-12-2-1-3-13(23)18(12)19-14(24)6-15(25)20(29-19)21(30)28-16-9-26-5-4-17(16)31-10-11-7-27-8-11/h1-6,9,11,27H,7-8,10,25H2,(H,28,30). The van der Waals surface area contributed by atoms with E-state index in [0.717, 1.165) is 37.4 Å². The van der Waals surface area contributed by atoms with Crippen LogP contribution < -0.4 is 21.1 Å². The van der Waals surface area contributed by atoms with Crippen LogP contribution in [0.5, 0.6) is 5.75 Å². The maximum absolute atomic E-state index is 14.4. The van der Waals surface area contributed by atoms with E-state index in [1.807, 2.05) is 0 Å². The number of halogens is 3. The van der Waals surface area contributed by atoms with Crippen molar-refractivity contribution in [1.82, 2.24) is 15.3 Å². The summed E-state index contributed by atoms with van der Waals surface area (Å²) in [5, 5.41) is 5.70. The molecule has 0 atom stereocenters. The van der Waals surface area contributed by atoms with Crippen molar-refractivity contribution in [3.63, 3.8) is 0 Å². The fourth-order valence-corrected chi connectivity index (χ4v) is 3.04. The zero-order valence-electron chi connectivity index (χ0n) is 16.2. The number of nitrogens with zero attached hydrogens (tertiary/aromatic N) is 2. The van der Waals surface area contributed by atoms with Crippen LogP contribution in [0, 0.1) is 23.4 Å².